The van der Waals surface area contributed by atoms with Crippen LogP contribution >= 0.6 is 11.6 Å². The molecule has 1 saturated heterocycles. The van der Waals surface area contributed by atoms with Crippen LogP contribution < -0.4 is 5.32 Å². The van der Waals surface area contributed by atoms with Gasteiger partial charge in [0.1, 0.15) is 11.3 Å². The molecule has 208 valence electrons. The smallest absolute Gasteiger partial charge is 0.330 e. The van der Waals surface area contributed by atoms with E-state index in [1.54, 1.807) is 18.2 Å². The number of halogens is 3. The number of esters is 1. The lowest BCUT2D eigenvalue weighted by Crippen LogP contribution is -2.54. The van der Waals surface area contributed by atoms with E-state index in [-0.39, 0.29) is 34.2 Å². The molecule has 1 aliphatic heterocycles. The van der Waals surface area contributed by atoms with Crippen molar-refractivity contribution in [1.29, 1.82) is 0 Å². The first-order chi connectivity index (χ1) is 18.8. The van der Waals surface area contributed by atoms with Crippen LogP contribution in [-0.4, -0.2) is 53.9 Å². The lowest BCUT2D eigenvalue weighted by molar-refractivity contribution is -0.252. The number of para-hydroxylation sites is 2. The molecule has 1 unspecified atom stereocenters. The molecule has 1 aromatic heterocycles. The number of carbonyl (C=O) groups is 2. The normalized spacial score (nSPS) is 21.5. The molecular weight excluding hydrogens is 532 g/mol. The molecule has 0 amide bonds. The zero-order chi connectivity index (χ0) is 27.6. The van der Waals surface area contributed by atoms with E-state index in [4.69, 9.17) is 25.5 Å². The molecule has 2 aromatic carbocycles. The average Bonchev–Trinajstić information content (AvgIpc) is 3.62. The molecule has 1 N–H and O–H groups in total. The Hall–Kier alpha value is -3.08. The Balaban J connectivity index is 1.30. The van der Waals surface area contributed by atoms with Crippen molar-refractivity contribution in [2.45, 2.75) is 57.0 Å². The summed E-state index contributed by atoms with van der Waals surface area (Å²) in [6.07, 6.45) is 2.18. The lowest BCUT2D eigenvalue weighted by atomic mass is 9.87. The van der Waals surface area contributed by atoms with Crippen LogP contribution in [0.25, 0.3) is 11.1 Å². The Labute approximate surface area is 229 Å². The maximum Gasteiger partial charge on any atom is 0.330 e. The van der Waals surface area contributed by atoms with Crippen molar-refractivity contribution in [1.82, 2.24) is 9.88 Å². The van der Waals surface area contributed by atoms with Crippen molar-refractivity contribution in [2.24, 2.45) is 5.92 Å². The van der Waals surface area contributed by atoms with Crippen molar-refractivity contribution in [2.75, 3.05) is 25.5 Å². The number of rotatable bonds is 9. The summed E-state index contributed by atoms with van der Waals surface area (Å²) in [6.45, 7) is 0.715. The predicted molar refractivity (Wildman–Crippen MR) is 141 cm³/mol. The Morgan fingerprint density at radius 2 is 1.90 bits per heavy atom. The summed E-state index contributed by atoms with van der Waals surface area (Å²) in [7, 11) is 1.34. The summed E-state index contributed by atoms with van der Waals surface area (Å²) in [4.78, 5) is 30.9. The highest BCUT2D eigenvalue weighted by Crippen LogP contribution is 2.36. The van der Waals surface area contributed by atoms with Crippen molar-refractivity contribution in [3.8, 4) is 0 Å². The zero-order valence-electron chi connectivity index (χ0n) is 21.6. The minimum Gasteiger partial charge on any atom is -0.469 e. The van der Waals surface area contributed by atoms with Gasteiger partial charge in [-0.15, -0.1) is 0 Å². The number of Topliss-reactive ketones (excluding diaryl/α,β-unsaturated/α-hetero) is 1. The van der Waals surface area contributed by atoms with E-state index in [9.17, 15) is 9.59 Å². The van der Waals surface area contributed by atoms with E-state index in [1.807, 2.05) is 6.07 Å². The molecule has 3 aromatic rings. The molecule has 2 heterocycles. The van der Waals surface area contributed by atoms with Gasteiger partial charge in [-0.05, 0) is 68.4 Å². The number of methoxy groups -OCH3 is 1. The van der Waals surface area contributed by atoms with Crippen molar-refractivity contribution < 1.29 is 32.3 Å². The monoisotopic (exact) mass is 561 g/mol. The second-order valence-electron chi connectivity index (χ2n) is 10.0. The van der Waals surface area contributed by atoms with Crippen molar-refractivity contribution >= 4 is 46.2 Å². The van der Waals surface area contributed by atoms with Gasteiger partial charge in [0, 0.05) is 19.5 Å². The van der Waals surface area contributed by atoms with Gasteiger partial charge in [-0.2, -0.15) is 9.37 Å². The predicted octanol–water partition coefficient (Wildman–Crippen LogP) is 5.94. The quantitative estimate of drug-likeness (QED) is 0.253. The van der Waals surface area contributed by atoms with Crippen LogP contribution in [0.1, 0.15) is 44.1 Å². The second-order valence-corrected chi connectivity index (χ2v) is 10.4. The third-order valence-electron chi connectivity index (χ3n) is 7.41. The molecule has 2 aliphatic rings. The average molecular weight is 562 g/mol. The number of fused-ring (bicyclic) bond motifs is 1. The molecule has 39 heavy (non-hydrogen) atoms. The number of carbonyl (C=O) groups excluding carboxylic acids is 2. The van der Waals surface area contributed by atoms with Gasteiger partial charge in [-0.3, -0.25) is 9.59 Å². The highest BCUT2D eigenvalue weighted by atomic mass is 35.5. The van der Waals surface area contributed by atoms with Crippen LogP contribution in [0.4, 0.5) is 20.5 Å². The molecular formula is C28H30ClF2N3O5. The summed E-state index contributed by atoms with van der Waals surface area (Å²) in [5.41, 5.74) is 1.33. The van der Waals surface area contributed by atoms with Crippen molar-refractivity contribution in [3.63, 3.8) is 0 Å². The van der Waals surface area contributed by atoms with Crippen LogP contribution in [-0.2, 0) is 25.5 Å². The lowest BCUT2D eigenvalue weighted by Gasteiger charge is -2.37. The SMILES string of the molecule is COC(=O)C1CCC(OC(F)(C(=O)Cc2cc(Cl)c(Nc3nc4ccccc4o3)cc2F)N2CCCC2)CC1. The van der Waals surface area contributed by atoms with Gasteiger partial charge >= 0.3 is 11.9 Å². The van der Waals surface area contributed by atoms with Gasteiger partial charge in [-0.25, -0.2) is 9.29 Å². The third-order valence-corrected chi connectivity index (χ3v) is 7.72. The van der Waals surface area contributed by atoms with E-state index < -0.39 is 30.1 Å². The summed E-state index contributed by atoms with van der Waals surface area (Å²) in [5.74, 6) is -4.88. The molecule has 1 atom stereocenters. The Morgan fingerprint density at radius 3 is 2.59 bits per heavy atom. The highest BCUT2D eigenvalue weighted by Gasteiger charge is 2.49. The van der Waals surface area contributed by atoms with E-state index in [2.05, 4.69) is 10.3 Å². The number of ketones is 1. The summed E-state index contributed by atoms with van der Waals surface area (Å²) >= 11 is 6.40. The highest BCUT2D eigenvalue weighted by molar-refractivity contribution is 6.33. The van der Waals surface area contributed by atoms with E-state index >= 15 is 8.78 Å². The van der Waals surface area contributed by atoms with Gasteiger partial charge in [-0.1, -0.05) is 23.7 Å². The van der Waals surface area contributed by atoms with Gasteiger partial charge in [0.05, 0.1) is 29.8 Å². The molecule has 2 fully saturated rings. The number of oxazole rings is 1. The fraction of sp³-hybridized carbons (Fsp3) is 0.464. The number of ether oxygens (including phenoxy) is 2. The fourth-order valence-corrected chi connectivity index (χ4v) is 5.50. The molecule has 0 spiro atoms. The molecule has 0 radical (unpaired) electrons. The molecule has 1 aliphatic carbocycles. The molecule has 11 heteroatoms. The van der Waals surface area contributed by atoms with Gasteiger partial charge < -0.3 is 19.2 Å². The Bertz CT molecular complexity index is 1320. The Kier molecular flexibility index (Phi) is 8.16. The van der Waals surface area contributed by atoms with Crippen LogP contribution in [0.3, 0.4) is 0 Å². The molecule has 5 rings (SSSR count). The number of alkyl halides is 1. The first kappa shape index (κ1) is 27.5. The van der Waals surface area contributed by atoms with Crippen LogP contribution in [0.5, 0.6) is 0 Å². The van der Waals surface area contributed by atoms with Gasteiger partial charge in [0.25, 0.3) is 6.01 Å². The minimum absolute atomic E-state index is 0.0488. The number of aromatic nitrogens is 1. The van der Waals surface area contributed by atoms with Gasteiger partial charge in [0.2, 0.25) is 5.78 Å². The third kappa shape index (κ3) is 5.92. The molecule has 8 nitrogen and oxygen atoms in total. The standard InChI is InChI=1S/C28H30ClF2N3O5/c1-37-26(36)17-8-10-19(11-9-17)39-28(31,34-12-4-5-13-34)25(35)15-18-14-20(29)23(16-21(18)30)33-27-32-22-6-2-3-7-24(22)38-27/h2-3,6-7,14,16-17,19H,4-5,8-13,15H2,1H3,(H,32,33). The summed E-state index contributed by atoms with van der Waals surface area (Å²) in [6, 6.07) is 9.71. The molecule has 1 saturated carbocycles. The summed E-state index contributed by atoms with van der Waals surface area (Å²) < 4.78 is 47.9. The van der Waals surface area contributed by atoms with Gasteiger partial charge in [0.15, 0.2) is 5.58 Å². The number of benzene rings is 2. The first-order valence-electron chi connectivity index (χ1n) is 13.1. The molecule has 0 bridgehead atoms. The van der Waals surface area contributed by atoms with Crippen LogP contribution in [0, 0.1) is 11.7 Å². The van der Waals surface area contributed by atoms with Crippen molar-refractivity contribution in [3.05, 3.63) is 52.8 Å². The topological polar surface area (TPSA) is 93.9 Å². The van der Waals surface area contributed by atoms with E-state index in [0.717, 1.165) is 18.9 Å². The zero-order valence-corrected chi connectivity index (χ0v) is 22.3. The fourth-order valence-electron chi connectivity index (χ4n) is 5.27. The Morgan fingerprint density at radius 1 is 1.18 bits per heavy atom. The number of likely N-dealkylation sites (tertiary alicyclic amines) is 1. The second kappa shape index (κ2) is 11.6. The maximum absolute atomic E-state index is 16.5. The number of hydrogen-bond donors (Lipinski definition) is 1. The number of nitrogens with zero attached hydrogens (tertiary/aromatic N) is 2. The number of anilines is 2. The van der Waals surface area contributed by atoms with E-state index in [1.165, 1.54) is 18.1 Å². The number of nitrogens with one attached hydrogen (secondary N) is 1. The maximum atomic E-state index is 16.5. The number of hydrogen-bond acceptors (Lipinski definition) is 8. The minimum atomic E-state index is -2.70. The summed E-state index contributed by atoms with van der Waals surface area (Å²) in [5, 5.41) is 2.97. The van der Waals surface area contributed by atoms with Crippen LogP contribution in [0.15, 0.2) is 40.8 Å². The van der Waals surface area contributed by atoms with Crippen LogP contribution in [0.2, 0.25) is 5.02 Å². The van der Waals surface area contributed by atoms with E-state index in [0.29, 0.717) is 49.9 Å². The largest absolute Gasteiger partial charge is 0.469 e. The first-order valence-corrected chi connectivity index (χ1v) is 13.5.